The minimum atomic E-state index is -0.119. The van der Waals surface area contributed by atoms with Crippen LogP contribution in [0.1, 0.15) is 43.9 Å². The summed E-state index contributed by atoms with van der Waals surface area (Å²) >= 11 is 6.47. The van der Waals surface area contributed by atoms with Crippen molar-refractivity contribution in [1.82, 2.24) is 5.43 Å². The van der Waals surface area contributed by atoms with Gasteiger partial charge in [0.05, 0.1) is 16.8 Å². The molecule has 146 valence electrons. The van der Waals surface area contributed by atoms with Gasteiger partial charge in [0.1, 0.15) is 0 Å². The zero-order valence-corrected chi connectivity index (χ0v) is 17.5. The summed E-state index contributed by atoms with van der Waals surface area (Å²) in [6.45, 7) is 6.45. The van der Waals surface area contributed by atoms with Crippen LogP contribution in [0.15, 0.2) is 53.6 Å². The molecule has 0 radical (unpaired) electrons. The maximum Gasteiger partial charge on any atom is 0.240 e. The van der Waals surface area contributed by atoms with Crippen molar-refractivity contribution in [2.24, 2.45) is 5.10 Å². The molecule has 1 amide bonds. The molecule has 0 aliphatic carbocycles. The lowest BCUT2D eigenvalue weighted by Crippen LogP contribution is -2.42. The Hall–Kier alpha value is -2.59. The van der Waals surface area contributed by atoms with Gasteiger partial charge in [0.2, 0.25) is 5.91 Å². The van der Waals surface area contributed by atoms with Crippen molar-refractivity contribution in [3.8, 4) is 0 Å². The van der Waals surface area contributed by atoms with Crippen LogP contribution in [0.4, 0.5) is 5.69 Å². The zero-order chi connectivity index (χ0) is 20.3. The van der Waals surface area contributed by atoms with Crippen LogP contribution in [0, 0.1) is 0 Å². The van der Waals surface area contributed by atoms with Crippen LogP contribution in [-0.2, 0) is 11.2 Å². The lowest BCUT2D eigenvalue weighted by molar-refractivity contribution is -0.121. The molecule has 0 spiro atoms. The molecule has 0 saturated heterocycles. The van der Waals surface area contributed by atoms with Gasteiger partial charge in [-0.05, 0) is 50.5 Å². The number of carbonyl (C=O) groups is 1. The Kier molecular flexibility index (Phi) is 5.90. The second kappa shape index (κ2) is 8.19. The Balaban J connectivity index is 1.68. The molecule has 1 N–H and O–H groups in total. The highest BCUT2D eigenvalue weighted by molar-refractivity contribution is 6.33. The summed E-state index contributed by atoms with van der Waals surface area (Å²) in [6, 6.07) is 13.9. The van der Waals surface area contributed by atoms with Crippen LogP contribution in [0.2, 0.25) is 5.02 Å². The molecule has 1 heterocycles. The highest BCUT2D eigenvalue weighted by Crippen LogP contribution is 2.40. The number of fused-ring (bicyclic) bond motifs is 1. The van der Waals surface area contributed by atoms with Gasteiger partial charge >= 0.3 is 0 Å². The fourth-order valence-corrected chi connectivity index (χ4v) is 3.63. The number of hydrogen-bond acceptors (Lipinski definition) is 3. The first kappa shape index (κ1) is 20.2. The summed E-state index contributed by atoms with van der Waals surface area (Å²) in [4.78, 5) is 14.2. The van der Waals surface area contributed by atoms with E-state index in [1.54, 1.807) is 6.21 Å². The number of carbonyl (C=O) groups excluding carboxylic acids is 1. The molecule has 0 atom stereocenters. The average Bonchev–Trinajstić information content (AvgIpc) is 2.66. The number of halogens is 1. The Bertz CT molecular complexity index is 932. The number of rotatable bonds is 5. The van der Waals surface area contributed by atoms with Gasteiger partial charge in [0.25, 0.3) is 0 Å². The molecule has 0 bridgehead atoms. The molecular weight excluding hydrogens is 370 g/mol. The molecule has 0 unspecified atom stereocenters. The summed E-state index contributed by atoms with van der Waals surface area (Å²) in [5, 5.41) is 4.70. The molecule has 3 rings (SSSR count). The molecule has 4 nitrogen and oxygen atoms in total. The van der Waals surface area contributed by atoms with Gasteiger partial charge in [-0.15, -0.1) is 0 Å². The van der Waals surface area contributed by atoms with E-state index in [-0.39, 0.29) is 11.4 Å². The Morgan fingerprint density at radius 3 is 2.68 bits per heavy atom. The number of hydrazone groups is 1. The molecule has 1 aliphatic heterocycles. The molecule has 0 fully saturated rings. The van der Waals surface area contributed by atoms with Crippen molar-refractivity contribution < 1.29 is 4.79 Å². The normalized spacial score (nSPS) is 15.3. The first-order chi connectivity index (χ1) is 13.3. The number of likely N-dealkylation sites (N-methyl/N-ethyl adjacent to an activating group) is 1. The molecule has 2 aromatic rings. The summed E-state index contributed by atoms with van der Waals surface area (Å²) in [5.41, 5.74) is 7.87. The van der Waals surface area contributed by atoms with Crippen molar-refractivity contribution in [2.75, 3.05) is 11.9 Å². The maximum atomic E-state index is 12.0. The van der Waals surface area contributed by atoms with Crippen LogP contribution < -0.4 is 10.3 Å². The van der Waals surface area contributed by atoms with Gasteiger partial charge in [-0.2, -0.15) is 5.10 Å². The topological polar surface area (TPSA) is 44.7 Å². The van der Waals surface area contributed by atoms with E-state index >= 15 is 0 Å². The number of allylic oxidation sites excluding steroid dienone is 1. The summed E-state index contributed by atoms with van der Waals surface area (Å²) in [5.74, 6) is -0.119. The first-order valence-electron chi connectivity index (χ1n) is 9.41. The van der Waals surface area contributed by atoms with Gasteiger partial charge in [0.15, 0.2) is 0 Å². The Morgan fingerprint density at radius 2 is 1.96 bits per heavy atom. The fraction of sp³-hybridized carbons (Fsp3) is 0.304. The van der Waals surface area contributed by atoms with E-state index in [1.165, 1.54) is 5.57 Å². The van der Waals surface area contributed by atoms with E-state index in [4.69, 9.17) is 11.6 Å². The Morgan fingerprint density at radius 1 is 1.25 bits per heavy atom. The van der Waals surface area contributed by atoms with Crippen LogP contribution in [0.25, 0.3) is 5.57 Å². The minimum Gasteiger partial charge on any atom is -0.365 e. The average molecular weight is 396 g/mol. The standard InChI is InChI=1S/C23H26ClN3O/c1-16-14-23(2,3)27(4)21-13-20(24)18(12-19(16)21)15-25-26-22(28)11-10-17-8-6-5-7-9-17/h5-9,12-15H,10-11H2,1-4H3,(H,26,28)/b25-15-. The van der Waals surface area contributed by atoms with Gasteiger partial charge in [0, 0.05) is 30.3 Å². The number of nitrogens with zero attached hydrogens (tertiary/aromatic N) is 2. The smallest absolute Gasteiger partial charge is 0.240 e. The van der Waals surface area contributed by atoms with Crippen LogP contribution >= 0.6 is 11.6 Å². The van der Waals surface area contributed by atoms with Crippen molar-refractivity contribution in [1.29, 1.82) is 0 Å². The lowest BCUT2D eigenvalue weighted by Gasteiger charge is -2.40. The number of benzene rings is 2. The largest absolute Gasteiger partial charge is 0.365 e. The van der Waals surface area contributed by atoms with E-state index in [0.29, 0.717) is 17.9 Å². The summed E-state index contributed by atoms with van der Waals surface area (Å²) < 4.78 is 0. The predicted octanol–water partition coefficient (Wildman–Crippen LogP) is 5.05. The fourth-order valence-electron chi connectivity index (χ4n) is 3.42. The SMILES string of the molecule is CC1=CC(C)(C)N(C)c2cc(Cl)c(/C=N\NC(=O)CCc3ccccc3)cc21. The molecule has 0 aromatic heterocycles. The second-order valence-electron chi connectivity index (χ2n) is 7.71. The van der Waals surface area contributed by atoms with Crippen molar-refractivity contribution in [3.05, 3.63) is 70.3 Å². The van der Waals surface area contributed by atoms with Gasteiger partial charge in [-0.25, -0.2) is 5.43 Å². The monoisotopic (exact) mass is 395 g/mol. The number of aryl methyl sites for hydroxylation is 1. The van der Waals surface area contributed by atoms with Crippen molar-refractivity contribution in [2.45, 2.75) is 39.2 Å². The number of anilines is 1. The highest BCUT2D eigenvalue weighted by Gasteiger charge is 2.29. The molecule has 1 aliphatic rings. The van der Waals surface area contributed by atoms with E-state index in [9.17, 15) is 4.79 Å². The number of amides is 1. The Labute approximate surface area is 171 Å². The van der Waals surface area contributed by atoms with Gasteiger partial charge < -0.3 is 4.90 Å². The van der Waals surface area contributed by atoms with Gasteiger partial charge in [-0.3, -0.25) is 4.79 Å². The summed E-state index contributed by atoms with van der Waals surface area (Å²) in [7, 11) is 2.07. The third kappa shape index (κ3) is 4.45. The quantitative estimate of drug-likeness (QED) is 0.568. The van der Waals surface area contributed by atoms with E-state index in [1.807, 2.05) is 42.5 Å². The van der Waals surface area contributed by atoms with Crippen LogP contribution in [-0.4, -0.2) is 24.7 Å². The number of nitrogens with one attached hydrogen (secondary N) is 1. The van der Waals surface area contributed by atoms with Gasteiger partial charge in [-0.1, -0.05) is 48.0 Å². The molecule has 28 heavy (non-hydrogen) atoms. The third-order valence-corrected chi connectivity index (χ3v) is 5.54. The van der Waals surface area contributed by atoms with E-state index in [2.05, 4.69) is 49.3 Å². The highest BCUT2D eigenvalue weighted by atomic mass is 35.5. The van der Waals surface area contributed by atoms with Crippen LogP contribution in [0.3, 0.4) is 0 Å². The minimum absolute atomic E-state index is 0.0667. The van der Waals surface area contributed by atoms with Crippen LogP contribution in [0.5, 0.6) is 0 Å². The molecule has 0 saturated carbocycles. The van der Waals surface area contributed by atoms with E-state index < -0.39 is 0 Å². The third-order valence-electron chi connectivity index (χ3n) is 5.21. The second-order valence-corrected chi connectivity index (χ2v) is 8.12. The zero-order valence-electron chi connectivity index (χ0n) is 16.8. The van der Waals surface area contributed by atoms with E-state index in [0.717, 1.165) is 22.4 Å². The predicted molar refractivity (Wildman–Crippen MR) is 118 cm³/mol. The maximum absolute atomic E-state index is 12.0. The van der Waals surface area contributed by atoms with Crippen molar-refractivity contribution in [3.63, 3.8) is 0 Å². The molecule has 5 heteroatoms. The molecule has 2 aromatic carbocycles. The summed E-state index contributed by atoms with van der Waals surface area (Å²) in [6.07, 6.45) is 4.93. The lowest BCUT2D eigenvalue weighted by atomic mass is 9.88. The molecular formula is C23H26ClN3O. The van der Waals surface area contributed by atoms with Crippen molar-refractivity contribution >= 4 is 35.0 Å². The number of hydrogen-bond donors (Lipinski definition) is 1. The first-order valence-corrected chi connectivity index (χ1v) is 9.79.